The van der Waals surface area contributed by atoms with Crippen molar-refractivity contribution in [2.24, 2.45) is 5.41 Å². The molecular weight excluding hydrogens is 274 g/mol. The van der Waals surface area contributed by atoms with Gasteiger partial charge in [-0.3, -0.25) is 0 Å². The van der Waals surface area contributed by atoms with Crippen LogP contribution in [0.25, 0.3) is 0 Å². The van der Waals surface area contributed by atoms with Gasteiger partial charge in [0.05, 0.1) is 0 Å². The second kappa shape index (κ2) is 3.64. The fraction of sp³-hybridized carbons (Fsp3) is 1.00. The Morgan fingerprint density at radius 1 is 0.529 bits per heavy atom. The van der Waals surface area contributed by atoms with E-state index in [1.807, 2.05) is 0 Å². The van der Waals surface area contributed by atoms with E-state index in [1.54, 1.807) is 0 Å². The van der Waals surface area contributed by atoms with Crippen molar-refractivity contribution in [1.29, 1.82) is 0 Å². The van der Waals surface area contributed by atoms with Gasteiger partial charge in [0.1, 0.15) is 0 Å². The predicted octanol–water partition coefficient (Wildman–Crippen LogP) is 4.41. The van der Waals surface area contributed by atoms with Crippen molar-refractivity contribution < 1.29 is 43.9 Å². The normalized spacial score (nSPS) is 16.2. The van der Waals surface area contributed by atoms with Gasteiger partial charge in [-0.25, -0.2) is 8.78 Å². The maximum absolute atomic E-state index is 12.8. The first-order chi connectivity index (χ1) is 7.00. The molecule has 0 saturated carbocycles. The molecule has 0 aromatic rings. The summed E-state index contributed by atoms with van der Waals surface area (Å²) in [5, 5.41) is 0. The van der Waals surface area contributed by atoms with Crippen LogP contribution in [0.2, 0.25) is 0 Å². The molecule has 0 aliphatic heterocycles. The lowest BCUT2D eigenvalue weighted by molar-refractivity contribution is -0.422. The summed E-state index contributed by atoms with van der Waals surface area (Å²) in [6.45, 7) is -1.70. The Balaban J connectivity index is 6.04. The van der Waals surface area contributed by atoms with Gasteiger partial charge in [0.25, 0.3) is 0 Å². The molecule has 0 N–H and O–H groups in total. The average Bonchev–Trinajstić information content (AvgIpc) is 1.95. The Morgan fingerprint density at radius 3 is 0.824 bits per heavy atom. The van der Waals surface area contributed by atoms with Crippen LogP contribution in [0, 0.1) is 5.41 Å². The molecule has 0 aromatic heterocycles. The largest absolute Gasteiger partial charge is 0.409 e. The van der Waals surface area contributed by atoms with Gasteiger partial charge in [0, 0.05) is 6.92 Å². The molecule has 0 aliphatic rings. The molecule has 0 unspecified atom stereocenters. The van der Waals surface area contributed by atoms with Gasteiger partial charge in [0.2, 0.25) is 5.41 Å². The minimum absolute atomic E-state index is 0.706. The van der Waals surface area contributed by atoms with Gasteiger partial charge in [0.15, 0.2) is 0 Å². The molecule has 0 heterocycles. The fourth-order valence-electron chi connectivity index (χ4n) is 0.956. The minimum Gasteiger partial charge on any atom is -0.200 e. The Morgan fingerprint density at radius 2 is 0.765 bits per heavy atom. The summed E-state index contributed by atoms with van der Waals surface area (Å²) in [5.74, 6) is -11.8. The summed E-state index contributed by atoms with van der Waals surface area (Å²) >= 11 is 0. The number of hydrogen-bond donors (Lipinski definition) is 0. The highest BCUT2D eigenvalue weighted by molar-refractivity contribution is 5.05. The van der Waals surface area contributed by atoms with E-state index in [9.17, 15) is 43.9 Å². The predicted molar refractivity (Wildman–Crippen MR) is 35.8 cm³/mol. The third-order valence-electron chi connectivity index (χ3n) is 2.31. The summed E-state index contributed by atoms with van der Waals surface area (Å²) in [7, 11) is 0. The van der Waals surface area contributed by atoms with Gasteiger partial charge in [-0.05, 0) is 6.92 Å². The highest BCUT2D eigenvalue weighted by atomic mass is 19.4. The van der Waals surface area contributed by atoms with Crippen LogP contribution in [0.1, 0.15) is 13.8 Å². The number of alkyl halides is 10. The van der Waals surface area contributed by atoms with Gasteiger partial charge >= 0.3 is 24.2 Å². The molecule has 0 aromatic carbocycles. The van der Waals surface area contributed by atoms with Crippen LogP contribution in [-0.4, -0.2) is 24.2 Å². The third kappa shape index (κ3) is 2.17. The summed E-state index contributed by atoms with van der Waals surface area (Å²) in [6, 6.07) is 0. The van der Waals surface area contributed by atoms with Gasteiger partial charge in [-0.2, -0.15) is 35.1 Å². The van der Waals surface area contributed by atoms with Crippen molar-refractivity contribution in [3.05, 3.63) is 0 Å². The van der Waals surface area contributed by atoms with Crippen molar-refractivity contribution >= 4 is 0 Å². The second-order valence-electron chi connectivity index (χ2n) is 3.58. The Hall–Kier alpha value is -0.700. The molecular formula is C7H6F10. The van der Waals surface area contributed by atoms with Crippen LogP contribution >= 0.6 is 0 Å². The van der Waals surface area contributed by atoms with E-state index in [1.165, 1.54) is 0 Å². The van der Waals surface area contributed by atoms with Gasteiger partial charge in [-0.15, -0.1) is 0 Å². The molecule has 0 fully saturated rings. The third-order valence-corrected chi connectivity index (χ3v) is 2.31. The highest BCUT2D eigenvalue weighted by Gasteiger charge is 2.84. The smallest absolute Gasteiger partial charge is 0.200 e. The summed E-state index contributed by atoms with van der Waals surface area (Å²) in [6.07, 6.45) is -13.2. The van der Waals surface area contributed by atoms with Crippen LogP contribution in [0.15, 0.2) is 0 Å². The molecule has 0 aliphatic carbocycles. The quantitative estimate of drug-likeness (QED) is 0.657. The molecule has 0 bridgehead atoms. The van der Waals surface area contributed by atoms with E-state index in [0.29, 0.717) is 0 Å². The van der Waals surface area contributed by atoms with Crippen molar-refractivity contribution in [2.75, 3.05) is 0 Å². The van der Waals surface area contributed by atoms with Crippen molar-refractivity contribution in [1.82, 2.24) is 0 Å². The summed E-state index contributed by atoms with van der Waals surface area (Å²) in [4.78, 5) is 0. The molecule has 0 rings (SSSR count). The molecule has 0 atom stereocenters. The SMILES string of the molecule is CC(F)(F)C(F)(F)C(C)(C(F)(F)F)C(F)(F)F. The van der Waals surface area contributed by atoms with E-state index >= 15 is 0 Å². The minimum atomic E-state index is -6.58. The monoisotopic (exact) mass is 280 g/mol. The first-order valence-corrected chi connectivity index (χ1v) is 3.89. The standard InChI is InChI=1S/C7H6F10/c1-3(6(12,13)14,7(15,16)17)5(10,11)4(2,8)9/h1-2H3. The van der Waals surface area contributed by atoms with E-state index in [0.717, 1.165) is 0 Å². The first-order valence-electron chi connectivity index (χ1n) is 3.89. The average molecular weight is 280 g/mol. The van der Waals surface area contributed by atoms with E-state index in [-0.39, 0.29) is 0 Å². The molecule has 0 spiro atoms. The van der Waals surface area contributed by atoms with Crippen molar-refractivity contribution in [3.63, 3.8) is 0 Å². The summed E-state index contributed by atoms with van der Waals surface area (Å²) in [5.41, 5.74) is -5.83. The lowest BCUT2D eigenvalue weighted by atomic mass is 9.78. The Bertz CT molecular complexity index is 263. The molecule has 0 radical (unpaired) electrons. The van der Waals surface area contributed by atoms with E-state index < -0.39 is 43.5 Å². The van der Waals surface area contributed by atoms with E-state index in [4.69, 9.17) is 0 Å². The van der Waals surface area contributed by atoms with Crippen LogP contribution in [0.4, 0.5) is 43.9 Å². The van der Waals surface area contributed by atoms with Crippen molar-refractivity contribution in [2.45, 2.75) is 38.0 Å². The van der Waals surface area contributed by atoms with Gasteiger partial charge < -0.3 is 0 Å². The molecule has 104 valence electrons. The number of rotatable bonds is 2. The molecule has 10 heteroatoms. The molecule has 17 heavy (non-hydrogen) atoms. The topological polar surface area (TPSA) is 0 Å². The second-order valence-corrected chi connectivity index (χ2v) is 3.58. The number of hydrogen-bond acceptors (Lipinski definition) is 0. The number of halogens is 10. The van der Waals surface area contributed by atoms with Crippen molar-refractivity contribution in [3.8, 4) is 0 Å². The molecule has 0 nitrogen and oxygen atoms in total. The maximum atomic E-state index is 12.8. The Labute approximate surface area is 88.6 Å². The van der Waals surface area contributed by atoms with E-state index in [2.05, 4.69) is 0 Å². The zero-order chi connectivity index (χ0) is 14.5. The lowest BCUT2D eigenvalue weighted by Gasteiger charge is -2.41. The molecule has 0 saturated heterocycles. The first kappa shape index (κ1) is 16.3. The van der Waals surface area contributed by atoms with Crippen LogP contribution in [0.5, 0.6) is 0 Å². The lowest BCUT2D eigenvalue weighted by Crippen LogP contribution is -2.64. The molecule has 0 amide bonds. The zero-order valence-electron chi connectivity index (χ0n) is 8.28. The van der Waals surface area contributed by atoms with Gasteiger partial charge in [-0.1, -0.05) is 0 Å². The highest BCUT2D eigenvalue weighted by Crippen LogP contribution is 2.62. The van der Waals surface area contributed by atoms with Crippen LogP contribution in [-0.2, 0) is 0 Å². The zero-order valence-corrected chi connectivity index (χ0v) is 8.28. The fourth-order valence-corrected chi connectivity index (χ4v) is 0.956. The van der Waals surface area contributed by atoms with Crippen LogP contribution < -0.4 is 0 Å². The van der Waals surface area contributed by atoms with Crippen LogP contribution in [0.3, 0.4) is 0 Å². The maximum Gasteiger partial charge on any atom is 0.409 e. The Kier molecular flexibility index (Phi) is 3.49. The summed E-state index contributed by atoms with van der Waals surface area (Å²) < 4.78 is 123.